The van der Waals surface area contributed by atoms with Crippen molar-refractivity contribution < 1.29 is 4.74 Å². The van der Waals surface area contributed by atoms with Crippen LogP contribution in [0.15, 0.2) is 34.2 Å². The number of aromatic nitrogens is 2. The van der Waals surface area contributed by atoms with E-state index in [1.807, 2.05) is 24.3 Å². The van der Waals surface area contributed by atoms with Crippen LogP contribution < -0.4 is 10.3 Å². The highest BCUT2D eigenvalue weighted by molar-refractivity contribution is 7.99. The van der Waals surface area contributed by atoms with E-state index in [2.05, 4.69) is 6.07 Å². The summed E-state index contributed by atoms with van der Waals surface area (Å²) in [4.78, 5) is 20.8. The number of hydrogen-bond acceptors (Lipinski definition) is 6. The van der Waals surface area contributed by atoms with E-state index >= 15 is 0 Å². The number of fused-ring (bicyclic) bond motifs is 3. The molecule has 2 heterocycles. The van der Waals surface area contributed by atoms with Crippen LogP contribution in [0.2, 0.25) is 0 Å². The Bertz CT molecular complexity index is 1130. The van der Waals surface area contributed by atoms with Crippen LogP contribution in [0, 0.1) is 11.3 Å². The molecule has 5 nitrogen and oxygen atoms in total. The van der Waals surface area contributed by atoms with Gasteiger partial charge in [0.15, 0.2) is 5.16 Å². The number of rotatable bonds is 6. The van der Waals surface area contributed by atoms with Gasteiger partial charge in [-0.1, -0.05) is 24.2 Å². The van der Waals surface area contributed by atoms with Crippen LogP contribution in [0.1, 0.15) is 42.5 Å². The van der Waals surface area contributed by atoms with Gasteiger partial charge in [-0.25, -0.2) is 4.98 Å². The summed E-state index contributed by atoms with van der Waals surface area (Å²) in [6.07, 6.45) is 6.80. The number of aryl methyl sites for hydroxylation is 2. The van der Waals surface area contributed by atoms with Crippen LogP contribution >= 0.6 is 23.1 Å². The fourth-order valence-electron chi connectivity index (χ4n) is 3.75. The number of nitrogens with zero attached hydrogens (tertiary/aromatic N) is 3. The van der Waals surface area contributed by atoms with Crippen molar-refractivity contribution in [3.8, 4) is 17.5 Å². The van der Waals surface area contributed by atoms with Gasteiger partial charge in [0.1, 0.15) is 10.6 Å². The topological polar surface area (TPSA) is 67.9 Å². The number of nitriles is 1. The average molecular weight is 426 g/mol. The third-order valence-electron chi connectivity index (χ3n) is 5.18. The zero-order valence-electron chi connectivity index (χ0n) is 16.4. The first-order valence-corrected chi connectivity index (χ1v) is 11.7. The Morgan fingerprint density at radius 3 is 3.00 bits per heavy atom. The Labute approximate surface area is 178 Å². The van der Waals surface area contributed by atoms with E-state index in [1.165, 1.54) is 23.3 Å². The molecule has 7 heteroatoms. The number of thioether (sulfide) groups is 1. The predicted octanol–water partition coefficient (Wildman–Crippen LogP) is 5.12. The van der Waals surface area contributed by atoms with Crippen LogP contribution in [0.25, 0.3) is 15.9 Å². The van der Waals surface area contributed by atoms with Crippen molar-refractivity contribution in [1.29, 1.82) is 5.26 Å². The molecule has 3 aromatic rings. The second-order valence-corrected chi connectivity index (χ2v) is 9.24. The van der Waals surface area contributed by atoms with E-state index in [0.29, 0.717) is 17.3 Å². The van der Waals surface area contributed by atoms with Crippen molar-refractivity contribution >= 4 is 33.3 Å². The second-order valence-electron chi connectivity index (χ2n) is 7.09. The quantitative estimate of drug-likeness (QED) is 0.237. The minimum absolute atomic E-state index is 0.00503. The molecule has 0 unspecified atom stereocenters. The third-order valence-corrected chi connectivity index (χ3v) is 7.39. The van der Waals surface area contributed by atoms with Crippen LogP contribution in [-0.4, -0.2) is 22.4 Å². The van der Waals surface area contributed by atoms with Gasteiger partial charge < -0.3 is 4.74 Å². The average Bonchev–Trinajstić information content (AvgIpc) is 2.92. The summed E-state index contributed by atoms with van der Waals surface area (Å²) in [5.74, 6) is 1.46. The summed E-state index contributed by atoms with van der Waals surface area (Å²) >= 11 is 3.22. The number of thiophene rings is 1. The maximum absolute atomic E-state index is 13.7. The van der Waals surface area contributed by atoms with Crippen molar-refractivity contribution in [3.63, 3.8) is 0 Å². The summed E-state index contributed by atoms with van der Waals surface area (Å²) < 4.78 is 7.09. The molecule has 29 heavy (non-hydrogen) atoms. The highest BCUT2D eigenvalue weighted by Gasteiger charge is 2.22. The Morgan fingerprint density at radius 2 is 2.17 bits per heavy atom. The molecule has 2 aromatic heterocycles. The van der Waals surface area contributed by atoms with E-state index < -0.39 is 0 Å². The smallest absolute Gasteiger partial charge is 0.267 e. The molecule has 0 atom stereocenters. The monoisotopic (exact) mass is 425 g/mol. The van der Waals surface area contributed by atoms with E-state index in [9.17, 15) is 4.79 Å². The summed E-state index contributed by atoms with van der Waals surface area (Å²) in [7, 11) is 1.62. The van der Waals surface area contributed by atoms with E-state index in [4.69, 9.17) is 15.0 Å². The second kappa shape index (κ2) is 9.02. The molecule has 0 saturated carbocycles. The molecule has 0 radical (unpaired) electrons. The number of unbranched alkanes of at least 4 members (excludes halogenated alkanes) is 1. The molecule has 1 aromatic carbocycles. The molecule has 1 aliphatic carbocycles. The molecule has 150 valence electrons. The molecule has 0 amide bonds. The first-order valence-electron chi connectivity index (χ1n) is 9.94. The van der Waals surface area contributed by atoms with Gasteiger partial charge >= 0.3 is 0 Å². The van der Waals surface area contributed by atoms with Crippen molar-refractivity contribution in [2.45, 2.75) is 50.1 Å². The van der Waals surface area contributed by atoms with Gasteiger partial charge in [-0.2, -0.15) is 5.26 Å². The van der Waals surface area contributed by atoms with Gasteiger partial charge in [-0.05, 0) is 49.8 Å². The molecule has 0 N–H and O–H groups in total. The summed E-state index contributed by atoms with van der Waals surface area (Å²) in [5, 5.41) is 10.3. The molecule has 4 rings (SSSR count). The van der Waals surface area contributed by atoms with Crippen LogP contribution in [0.5, 0.6) is 5.75 Å². The van der Waals surface area contributed by atoms with Crippen LogP contribution in [0.4, 0.5) is 0 Å². The highest BCUT2D eigenvalue weighted by atomic mass is 32.2. The van der Waals surface area contributed by atoms with Gasteiger partial charge in [-0.3, -0.25) is 9.36 Å². The minimum Gasteiger partial charge on any atom is -0.497 e. The normalized spacial score (nSPS) is 13.7. The van der Waals surface area contributed by atoms with Gasteiger partial charge in [0.05, 0.1) is 24.3 Å². The number of hydrogen-bond donors (Lipinski definition) is 0. The SMILES string of the molecule is COc1cccc(-n2c(SCCCC#N)nc3sc4c(c3c2=O)CCCCC4)c1. The molecular weight excluding hydrogens is 402 g/mol. The summed E-state index contributed by atoms with van der Waals surface area (Å²) in [5.41, 5.74) is 1.98. The van der Waals surface area contributed by atoms with E-state index in [1.54, 1.807) is 34.8 Å². The lowest BCUT2D eigenvalue weighted by Gasteiger charge is -2.13. The summed E-state index contributed by atoms with van der Waals surface area (Å²) in [6.45, 7) is 0. The first-order chi connectivity index (χ1) is 14.2. The Balaban J connectivity index is 1.89. The number of benzene rings is 1. The molecule has 1 aliphatic rings. The minimum atomic E-state index is 0.00503. The van der Waals surface area contributed by atoms with Gasteiger partial charge in [-0.15, -0.1) is 11.3 Å². The largest absolute Gasteiger partial charge is 0.497 e. The van der Waals surface area contributed by atoms with E-state index in [0.717, 1.165) is 47.3 Å². The van der Waals surface area contributed by atoms with Crippen molar-refractivity contribution in [2.24, 2.45) is 0 Å². The molecule has 0 bridgehead atoms. The number of methoxy groups -OCH3 is 1. The third kappa shape index (κ3) is 4.05. The Morgan fingerprint density at radius 1 is 1.31 bits per heavy atom. The fourth-order valence-corrected chi connectivity index (χ4v) is 6.01. The summed E-state index contributed by atoms with van der Waals surface area (Å²) in [6, 6.07) is 9.74. The van der Waals surface area contributed by atoms with Crippen molar-refractivity contribution in [1.82, 2.24) is 9.55 Å². The van der Waals surface area contributed by atoms with Crippen molar-refractivity contribution in [2.75, 3.05) is 12.9 Å². The van der Waals surface area contributed by atoms with Crippen LogP contribution in [-0.2, 0) is 12.8 Å². The maximum Gasteiger partial charge on any atom is 0.267 e. The lowest BCUT2D eigenvalue weighted by Crippen LogP contribution is -2.22. The Kier molecular flexibility index (Phi) is 6.22. The van der Waals surface area contributed by atoms with Crippen LogP contribution in [0.3, 0.4) is 0 Å². The first kappa shape index (κ1) is 20.0. The predicted molar refractivity (Wildman–Crippen MR) is 119 cm³/mol. The zero-order valence-corrected chi connectivity index (χ0v) is 18.1. The lowest BCUT2D eigenvalue weighted by atomic mass is 10.1. The van der Waals surface area contributed by atoms with Crippen molar-refractivity contribution in [3.05, 3.63) is 45.1 Å². The van der Waals surface area contributed by atoms with Gasteiger partial charge in [0.25, 0.3) is 5.56 Å². The maximum atomic E-state index is 13.7. The fraction of sp³-hybridized carbons (Fsp3) is 0.409. The standard InChI is InChI=1S/C22H23N3O2S2/c1-27-16-9-7-8-15(14-16)25-21(26)19-17-10-3-2-4-11-18(17)29-20(19)24-22(25)28-13-6-5-12-23/h7-9,14H,2-6,10-11,13H2,1H3. The molecular formula is C22H23N3O2S2. The van der Waals surface area contributed by atoms with Gasteiger partial charge in [0.2, 0.25) is 0 Å². The number of ether oxygens (including phenoxy) is 1. The molecule has 0 fully saturated rings. The molecule has 0 saturated heterocycles. The lowest BCUT2D eigenvalue weighted by molar-refractivity contribution is 0.414. The zero-order chi connectivity index (χ0) is 20.2. The Hall–Kier alpha value is -2.30. The van der Waals surface area contributed by atoms with E-state index in [-0.39, 0.29) is 5.56 Å². The van der Waals surface area contributed by atoms with Gasteiger partial charge in [0, 0.05) is 23.1 Å². The molecule has 0 spiro atoms. The molecule has 0 aliphatic heterocycles. The highest BCUT2D eigenvalue weighted by Crippen LogP contribution is 2.35.